The second-order valence-corrected chi connectivity index (χ2v) is 8.42. The van der Waals surface area contributed by atoms with Crippen LogP contribution in [0.3, 0.4) is 0 Å². The molecule has 0 bridgehead atoms. The highest BCUT2D eigenvalue weighted by molar-refractivity contribution is 7.08. The molecule has 0 saturated carbocycles. The molecule has 8 nitrogen and oxygen atoms in total. The zero-order chi connectivity index (χ0) is 21.7. The molecule has 6 aromatic heterocycles. The van der Waals surface area contributed by atoms with Gasteiger partial charge in [0.05, 0.1) is 23.1 Å². The van der Waals surface area contributed by atoms with Gasteiger partial charge >= 0.3 is 0 Å². The smallest absolute Gasteiger partial charge is 0.162 e. The van der Waals surface area contributed by atoms with Crippen molar-refractivity contribution in [3.05, 3.63) is 59.7 Å². The van der Waals surface area contributed by atoms with Crippen LogP contribution in [0.1, 0.15) is 0 Å². The van der Waals surface area contributed by atoms with E-state index in [1.54, 1.807) is 17.5 Å². The molecule has 0 spiro atoms. The minimum Gasteiger partial charge on any atom is -0.376 e. The molecule has 6 aromatic rings. The largest absolute Gasteiger partial charge is 0.376 e. The fourth-order valence-corrected chi connectivity index (χ4v) is 4.37. The zero-order valence-corrected chi connectivity index (χ0v) is 18.2. The minimum absolute atomic E-state index is 0.631. The SMILES string of the molecule is CN(C)c1cncc(-c2ccc3[nH]nc(-c4nc5c(-c6ccsc6)ccnc5[nH]4)c3n2)c1. The number of thiophene rings is 1. The second-order valence-electron chi connectivity index (χ2n) is 7.64. The van der Waals surface area contributed by atoms with Crippen molar-refractivity contribution in [2.24, 2.45) is 0 Å². The van der Waals surface area contributed by atoms with Gasteiger partial charge in [-0.3, -0.25) is 10.1 Å². The molecule has 32 heavy (non-hydrogen) atoms. The molecule has 0 radical (unpaired) electrons. The summed E-state index contributed by atoms with van der Waals surface area (Å²) in [6.45, 7) is 0. The lowest BCUT2D eigenvalue weighted by atomic mass is 10.1. The highest BCUT2D eigenvalue weighted by Crippen LogP contribution is 2.32. The van der Waals surface area contributed by atoms with Gasteiger partial charge in [-0.1, -0.05) is 0 Å². The van der Waals surface area contributed by atoms with Crippen LogP contribution in [0.5, 0.6) is 0 Å². The lowest BCUT2D eigenvalue weighted by Crippen LogP contribution is -2.08. The first kappa shape index (κ1) is 18.6. The number of nitrogens with one attached hydrogen (secondary N) is 2. The first-order valence-corrected chi connectivity index (χ1v) is 11.0. The Morgan fingerprint density at radius 2 is 1.91 bits per heavy atom. The summed E-state index contributed by atoms with van der Waals surface area (Å²) in [6, 6.07) is 10.1. The molecule has 0 aliphatic heterocycles. The standard InChI is InChI=1S/C23H18N8S/c1-31(2)15-9-14(10-24-11-15)17-3-4-18-20(26-17)21(30-29-18)23-27-19-16(13-6-8-32-12-13)5-7-25-22(19)28-23/h3-12H,1-2H3,(H,29,30)(H,25,27,28). The third-order valence-electron chi connectivity index (χ3n) is 5.38. The highest BCUT2D eigenvalue weighted by Gasteiger charge is 2.17. The van der Waals surface area contributed by atoms with Crippen molar-refractivity contribution in [2.45, 2.75) is 0 Å². The number of hydrogen-bond donors (Lipinski definition) is 2. The lowest BCUT2D eigenvalue weighted by molar-refractivity contribution is 1.10. The number of anilines is 1. The third-order valence-corrected chi connectivity index (χ3v) is 6.07. The molecule has 6 heterocycles. The fourth-order valence-electron chi connectivity index (χ4n) is 3.71. The van der Waals surface area contributed by atoms with E-state index in [0.717, 1.165) is 50.3 Å². The van der Waals surface area contributed by atoms with E-state index in [2.05, 4.69) is 48.0 Å². The summed E-state index contributed by atoms with van der Waals surface area (Å²) in [6.07, 6.45) is 5.44. The van der Waals surface area contributed by atoms with E-state index in [-0.39, 0.29) is 0 Å². The van der Waals surface area contributed by atoms with Crippen LogP contribution < -0.4 is 4.90 Å². The van der Waals surface area contributed by atoms with E-state index in [0.29, 0.717) is 11.5 Å². The number of fused-ring (bicyclic) bond motifs is 2. The Hall–Kier alpha value is -4.11. The predicted octanol–water partition coefficient (Wildman–Crippen LogP) is 4.75. The van der Waals surface area contributed by atoms with E-state index in [1.165, 1.54) is 0 Å². The summed E-state index contributed by atoms with van der Waals surface area (Å²) in [5.41, 5.74) is 8.73. The summed E-state index contributed by atoms with van der Waals surface area (Å²) < 4.78 is 0. The monoisotopic (exact) mass is 438 g/mol. The number of H-pyrrole nitrogens is 2. The molecule has 0 atom stereocenters. The van der Waals surface area contributed by atoms with E-state index >= 15 is 0 Å². The van der Waals surface area contributed by atoms with Crippen molar-refractivity contribution < 1.29 is 0 Å². The van der Waals surface area contributed by atoms with Gasteiger partial charge in [0.1, 0.15) is 11.0 Å². The van der Waals surface area contributed by atoms with Crippen molar-refractivity contribution in [1.82, 2.24) is 35.1 Å². The zero-order valence-electron chi connectivity index (χ0n) is 17.4. The topological polar surface area (TPSA) is 99.3 Å². The van der Waals surface area contributed by atoms with Gasteiger partial charge in [-0.25, -0.2) is 15.0 Å². The van der Waals surface area contributed by atoms with Crippen molar-refractivity contribution >= 4 is 39.2 Å². The number of imidazole rings is 1. The van der Waals surface area contributed by atoms with Gasteiger partial charge in [0.15, 0.2) is 17.2 Å². The van der Waals surface area contributed by atoms with E-state index in [1.807, 2.05) is 49.6 Å². The second kappa shape index (κ2) is 7.24. The average molecular weight is 439 g/mol. The van der Waals surface area contributed by atoms with Crippen LogP contribution in [0.15, 0.2) is 59.7 Å². The Balaban J connectivity index is 1.49. The maximum absolute atomic E-state index is 4.89. The minimum atomic E-state index is 0.631. The summed E-state index contributed by atoms with van der Waals surface area (Å²) in [5, 5.41) is 11.7. The molecule has 2 N–H and O–H groups in total. The van der Waals surface area contributed by atoms with Crippen LogP contribution in [0, 0.1) is 0 Å². The molecule has 0 aromatic carbocycles. The normalized spacial score (nSPS) is 11.4. The molecule has 0 fully saturated rings. The molecule has 0 amide bonds. The molecule has 9 heteroatoms. The maximum Gasteiger partial charge on any atom is 0.162 e. The Morgan fingerprint density at radius 1 is 0.969 bits per heavy atom. The van der Waals surface area contributed by atoms with Crippen LogP contribution in [-0.2, 0) is 0 Å². The third kappa shape index (κ3) is 3.02. The Bertz CT molecular complexity index is 1560. The number of rotatable bonds is 4. The van der Waals surface area contributed by atoms with Crippen LogP contribution in [0.2, 0.25) is 0 Å². The van der Waals surface area contributed by atoms with Gasteiger partial charge in [0.25, 0.3) is 0 Å². The predicted molar refractivity (Wildman–Crippen MR) is 128 cm³/mol. The Labute approximate surface area is 187 Å². The average Bonchev–Trinajstić information content (AvgIpc) is 3.57. The van der Waals surface area contributed by atoms with Gasteiger partial charge in [-0.05, 0) is 46.7 Å². The quantitative estimate of drug-likeness (QED) is 0.412. The van der Waals surface area contributed by atoms with E-state index in [9.17, 15) is 0 Å². The first-order valence-electron chi connectivity index (χ1n) is 10.0. The molecule has 6 rings (SSSR count). The highest BCUT2D eigenvalue weighted by atomic mass is 32.1. The van der Waals surface area contributed by atoms with Gasteiger partial charge in [-0.15, -0.1) is 0 Å². The van der Waals surface area contributed by atoms with Crippen LogP contribution in [0.25, 0.3) is 56.1 Å². The molecule has 0 unspecified atom stereocenters. The Kier molecular flexibility index (Phi) is 4.22. The molecule has 0 aliphatic rings. The maximum atomic E-state index is 4.89. The van der Waals surface area contributed by atoms with E-state index < -0.39 is 0 Å². The molecule has 156 valence electrons. The van der Waals surface area contributed by atoms with Gasteiger partial charge in [-0.2, -0.15) is 16.4 Å². The summed E-state index contributed by atoms with van der Waals surface area (Å²) >= 11 is 1.66. The number of hydrogen-bond acceptors (Lipinski definition) is 7. The summed E-state index contributed by atoms with van der Waals surface area (Å²) in [4.78, 5) is 23.9. The fraction of sp³-hybridized carbons (Fsp3) is 0.0870. The van der Waals surface area contributed by atoms with Crippen LogP contribution in [0.4, 0.5) is 5.69 Å². The number of aromatic nitrogens is 7. The molecular weight excluding hydrogens is 420 g/mol. The first-order chi connectivity index (χ1) is 15.7. The van der Waals surface area contributed by atoms with Crippen LogP contribution in [-0.4, -0.2) is 49.2 Å². The number of pyridine rings is 3. The van der Waals surface area contributed by atoms with Crippen molar-refractivity contribution in [1.29, 1.82) is 0 Å². The lowest BCUT2D eigenvalue weighted by Gasteiger charge is -2.12. The van der Waals surface area contributed by atoms with Crippen molar-refractivity contribution in [3.63, 3.8) is 0 Å². The van der Waals surface area contributed by atoms with Gasteiger partial charge in [0, 0.05) is 37.6 Å². The van der Waals surface area contributed by atoms with E-state index in [4.69, 9.17) is 9.97 Å². The van der Waals surface area contributed by atoms with Gasteiger partial charge in [0.2, 0.25) is 0 Å². The molecule has 0 saturated heterocycles. The number of aromatic amines is 2. The van der Waals surface area contributed by atoms with Crippen LogP contribution >= 0.6 is 11.3 Å². The van der Waals surface area contributed by atoms with Gasteiger partial charge < -0.3 is 9.88 Å². The van der Waals surface area contributed by atoms with Crippen molar-refractivity contribution in [2.75, 3.05) is 19.0 Å². The molecule has 0 aliphatic carbocycles. The summed E-state index contributed by atoms with van der Waals surface area (Å²) in [5.74, 6) is 0.631. The van der Waals surface area contributed by atoms with Crippen molar-refractivity contribution in [3.8, 4) is 33.9 Å². The number of nitrogens with zero attached hydrogens (tertiary/aromatic N) is 6. The summed E-state index contributed by atoms with van der Waals surface area (Å²) in [7, 11) is 3.98. The Morgan fingerprint density at radius 3 is 2.75 bits per heavy atom. The molecular formula is C23H18N8S.